The zero-order chi connectivity index (χ0) is 14.4. The maximum absolute atomic E-state index is 11.3. The van der Waals surface area contributed by atoms with Gasteiger partial charge in [-0.1, -0.05) is 0 Å². The zero-order valence-corrected chi connectivity index (χ0v) is 11.7. The molecular formula is C16H19N3O2. The summed E-state index contributed by atoms with van der Waals surface area (Å²) in [6, 6.07) is 9.14. The van der Waals surface area contributed by atoms with Crippen LogP contribution in [0.2, 0.25) is 0 Å². The molecule has 2 aliphatic rings. The number of carboxylic acid groups (broad SMARTS) is 1. The van der Waals surface area contributed by atoms with Crippen LogP contribution in [0.4, 0.5) is 10.5 Å². The Morgan fingerprint density at radius 2 is 2.00 bits per heavy atom. The van der Waals surface area contributed by atoms with Gasteiger partial charge in [-0.05, 0) is 49.9 Å². The van der Waals surface area contributed by atoms with Gasteiger partial charge in [-0.3, -0.25) is 0 Å². The minimum Gasteiger partial charge on any atom is -0.465 e. The number of fused-ring (bicyclic) bond motifs is 3. The Balaban J connectivity index is 1.50. The minimum absolute atomic E-state index is 0.190. The van der Waals surface area contributed by atoms with Gasteiger partial charge in [0.1, 0.15) is 0 Å². The third kappa shape index (κ3) is 2.13. The Morgan fingerprint density at radius 1 is 1.24 bits per heavy atom. The summed E-state index contributed by atoms with van der Waals surface area (Å²) < 4.78 is 0. The lowest BCUT2D eigenvalue weighted by Crippen LogP contribution is -2.49. The summed E-state index contributed by atoms with van der Waals surface area (Å²) in [6.45, 7) is 0. The topological polar surface area (TPSA) is 68.4 Å². The van der Waals surface area contributed by atoms with Crippen molar-refractivity contribution in [3.8, 4) is 0 Å². The number of hydrogen-bond donors (Lipinski definition) is 3. The molecule has 2 aromatic rings. The van der Waals surface area contributed by atoms with Gasteiger partial charge in [0.25, 0.3) is 0 Å². The fourth-order valence-electron chi connectivity index (χ4n) is 3.99. The Kier molecular flexibility index (Phi) is 2.80. The molecule has 2 saturated heterocycles. The van der Waals surface area contributed by atoms with Crippen LogP contribution < -0.4 is 5.32 Å². The van der Waals surface area contributed by atoms with E-state index in [4.69, 9.17) is 0 Å². The number of anilines is 1. The zero-order valence-electron chi connectivity index (χ0n) is 11.7. The molecule has 21 heavy (non-hydrogen) atoms. The molecule has 110 valence electrons. The number of nitrogens with one attached hydrogen (secondary N) is 2. The summed E-state index contributed by atoms with van der Waals surface area (Å²) in [5.74, 6) is 0. The van der Waals surface area contributed by atoms with Gasteiger partial charge in [-0.15, -0.1) is 0 Å². The highest BCUT2D eigenvalue weighted by atomic mass is 16.4. The van der Waals surface area contributed by atoms with Crippen LogP contribution in [0.1, 0.15) is 25.7 Å². The van der Waals surface area contributed by atoms with Crippen LogP contribution in [0.5, 0.6) is 0 Å². The van der Waals surface area contributed by atoms with Gasteiger partial charge in [-0.25, -0.2) is 4.79 Å². The number of carbonyl (C=O) groups is 1. The van der Waals surface area contributed by atoms with Crippen LogP contribution in [0.3, 0.4) is 0 Å². The summed E-state index contributed by atoms with van der Waals surface area (Å²) in [5.41, 5.74) is 2.26. The monoisotopic (exact) mass is 285 g/mol. The van der Waals surface area contributed by atoms with Crippen LogP contribution in [0, 0.1) is 0 Å². The number of nitrogens with zero attached hydrogens (tertiary/aromatic N) is 1. The molecular weight excluding hydrogens is 266 g/mol. The second-order valence-corrected chi connectivity index (χ2v) is 6.17. The number of hydrogen-bond acceptors (Lipinski definition) is 2. The molecule has 2 unspecified atom stereocenters. The molecule has 2 atom stereocenters. The van der Waals surface area contributed by atoms with Crippen LogP contribution in [0.25, 0.3) is 10.9 Å². The van der Waals surface area contributed by atoms with Crippen LogP contribution in [0.15, 0.2) is 30.5 Å². The summed E-state index contributed by atoms with van der Waals surface area (Å²) in [5, 5.41) is 14.1. The molecule has 2 aliphatic heterocycles. The molecule has 0 saturated carbocycles. The summed E-state index contributed by atoms with van der Waals surface area (Å²) >= 11 is 0. The van der Waals surface area contributed by atoms with Crippen LogP contribution >= 0.6 is 0 Å². The third-order valence-electron chi connectivity index (χ3n) is 4.88. The number of aromatic nitrogens is 1. The van der Waals surface area contributed by atoms with Gasteiger partial charge < -0.3 is 20.3 Å². The molecule has 0 radical (unpaired) electrons. The van der Waals surface area contributed by atoms with Crippen LogP contribution in [-0.2, 0) is 0 Å². The molecule has 3 heterocycles. The SMILES string of the molecule is O=C(O)N1C2CCC1CC(Nc1ccc3[nH]ccc3c1)C2. The van der Waals surface area contributed by atoms with E-state index in [2.05, 4.69) is 34.6 Å². The van der Waals surface area contributed by atoms with Crippen molar-refractivity contribution in [3.05, 3.63) is 30.5 Å². The first-order chi connectivity index (χ1) is 10.2. The quantitative estimate of drug-likeness (QED) is 0.793. The maximum atomic E-state index is 11.3. The molecule has 2 bridgehead atoms. The number of rotatable bonds is 2. The fourth-order valence-corrected chi connectivity index (χ4v) is 3.99. The summed E-state index contributed by atoms with van der Waals surface area (Å²) in [4.78, 5) is 16.2. The maximum Gasteiger partial charge on any atom is 0.407 e. The largest absolute Gasteiger partial charge is 0.465 e. The van der Waals surface area contributed by atoms with E-state index in [-0.39, 0.29) is 12.1 Å². The Morgan fingerprint density at radius 3 is 2.71 bits per heavy atom. The lowest BCUT2D eigenvalue weighted by Gasteiger charge is -2.37. The van der Waals surface area contributed by atoms with Crippen molar-refractivity contribution in [2.75, 3.05) is 5.32 Å². The molecule has 4 rings (SSSR count). The van der Waals surface area contributed by atoms with Crippen molar-refractivity contribution in [1.29, 1.82) is 0 Å². The smallest absolute Gasteiger partial charge is 0.407 e. The molecule has 3 N–H and O–H groups in total. The lowest BCUT2D eigenvalue weighted by molar-refractivity contribution is 0.0994. The van der Waals surface area contributed by atoms with E-state index >= 15 is 0 Å². The van der Waals surface area contributed by atoms with Gasteiger partial charge in [0.2, 0.25) is 0 Å². The van der Waals surface area contributed by atoms with Gasteiger partial charge in [-0.2, -0.15) is 0 Å². The lowest BCUT2D eigenvalue weighted by atomic mass is 9.97. The fraction of sp³-hybridized carbons (Fsp3) is 0.438. The van der Waals surface area contributed by atoms with Crippen molar-refractivity contribution in [3.63, 3.8) is 0 Å². The minimum atomic E-state index is -0.755. The highest BCUT2D eigenvalue weighted by Crippen LogP contribution is 2.37. The highest BCUT2D eigenvalue weighted by Gasteiger charge is 2.43. The molecule has 1 amide bonds. The normalized spacial score (nSPS) is 28.0. The molecule has 2 fully saturated rings. The van der Waals surface area contributed by atoms with Gasteiger partial charge >= 0.3 is 6.09 Å². The van der Waals surface area contributed by atoms with E-state index in [9.17, 15) is 9.90 Å². The van der Waals surface area contributed by atoms with E-state index in [0.29, 0.717) is 6.04 Å². The Hall–Kier alpha value is -2.17. The van der Waals surface area contributed by atoms with Gasteiger partial charge in [0, 0.05) is 40.9 Å². The second kappa shape index (κ2) is 4.69. The first-order valence-corrected chi connectivity index (χ1v) is 7.55. The van der Waals surface area contributed by atoms with E-state index in [1.165, 1.54) is 5.39 Å². The van der Waals surface area contributed by atoms with E-state index < -0.39 is 6.09 Å². The summed E-state index contributed by atoms with van der Waals surface area (Å²) in [6.07, 6.45) is 5.02. The van der Waals surface area contributed by atoms with Crippen molar-refractivity contribution >= 4 is 22.7 Å². The van der Waals surface area contributed by atoms with Crippen molar-refractivity contribution in [2.24, 2.45) is 0 Å². The molecule has 1 aromatic heterocycles. The summed E-state index contributed by atoms with van der Waals surface area (Å²) in [7, 11) is 0. The van der Waals surface area contributed by atoms with E-state index in [1.807, 2.05) is 6.20 Å². The van der Waals surface area contributed by atoms with Crippen molar-refractivity contribution in [1.82, 2.24) is 9.88 Å². The number of benzene rings is 1. The highest BCUT2D eigenvalue weighted by molar-refractivity contribution is 5.83. The number of H-pyrrole nitrogens is 1. The Labute approximate surface area is 122 Å². The number of aromatic amines is 1. The predicted molar refractivity (Wildman–Crippen MR) is 81.6 cm³/mol. The first-order valence-electron chi connectivity index (χ1n) is 7.55. The Bertz CT molecular complexity index is 667. The van der Waals surface area contributed by atoms with Gasteiger partial charge in [0.05, 0.1) is 0 Å². The average Bonchev–Trinajstić information content (AvgIpc) is 3.01. The van der Waals surface area contributed by atoms with Gasteiger partial charge in [0.15, 0.2) is 0 Å². The first kappa shape index (κ1) is 12.6. The van der Waals surface area contributed by atoms with Crippen molar-refractivity contribution in [2.45, 2.75) is 43.8 Å². The third-order valence-corrected chi connectivity index (χ3v) is 4.88. The number of amides is 1. The molecule has 1 aromatic carbocycles. The molecule has 0 spiro atoms. The average molecular weight is 285 g/mol. The molecule has 0 aliphatic carbocycles. The number of piperidine rings is 1. The standard InChI is InChI=1S/C16H19N3O2/c20-16(21)19-13-2-3-14(19)9-12(8-13)18-11-1-4-15-10(7-11)5-6-17-15/h1,4-7,12-14,17-18H,2-3,8-9H2,(H,20,21). The van der Waals surface area contributed by atoms with E-state index in [1.54, 1.807) is 4.90 Å². The van der Waals surface area contributed by atoms with E-state index in [0.717, 1.165) is 36.9 Å². The van der Waals surface area contributed by atoms with Crippen molar-refractivity contribution < 1.29 is 9.90 Å². The molecule has 5 heteroatoms. The predicted octanol–water partition coefficient (Wildman–Crippen LogP) is 3.25. The van der Waals surface area contributed by atoms with Crippen LogP contribution in [-0.4, -0.2) is 39.2 Å². The molecule has 5 nitrogen and oxygen atoms in total. The second-order valence-electron chi connectivity index (χ2n) is 6.17.